The number of nitrogens with zero attached hydrogens (tertiary/aromatic N) is 2. The Morgan fingerprint density at radius 2 is 1.76 bits per heavy atom. The van der Waals surface area contributed by atoms with Gasteiger partial charge in [0.05, 0.1) is 0 Å². The summed E-state index contributed by atoms with van der Waals surface area (Å²) in [6.07, 6.45) is 2.15. The van der Waals surface area contributed by atoms with Crippen LogP contribution in [-0.2, 0) is 0 Å². The fourth-order valence-electron chi connectivity index (χ4n) is 4.06. The summed E-state index contributed by atoms with van der Waals surface area (Å²) in [6.45, 7) is 1.27. The van der Waals surface area contributed by atoms with Crippen LogP contribution >= 0.6 is 0 Å². The van der Waals surface area contributed by atoms with E-state index in [0.717, 1.165) is 10.9 Å². The number of rotatable bonds is 3. The summed E-state index contributed by atoms with van der Waals surface area (Å²) in [4.78, 5) is 20.4. The highest BCUT2D eigenvalue weighted by Crippen LogP contribution is 2.28. The van der Waals surface area contributed by atoms with E-state index in [0.29, 0.717) is 18.8 Å². The van der Waals surface area contributed by atoms with E-state index in [-0.39, 0.29) is 5.91 Å². The number of amides is 1. The van der Waals surface area contributed by atoms with Crippen molar-refractivity contribution in [3.63, 3.8) is 0 Å². The molecule has 1 amide bonds. The van der Waals surface area contributed by atoms with Gasteiger partial charge in [0.2, 0.25) is 0 Å². The maximum Gasteiger partial charge on any atom is 0.270 e. The van der Waals surface area contributed by atoms with E-state index < -0.39 is 0 Å². The average Bonchev–Trinajstić information content (AvgIpc) is 3.41. The fraction of sp³-hybridized carbons (Fsp3) is 0.160. The number of H-pyrrole nitrogens is 1. The highest BCUT2D eigenvalue weighted by molar-refractivity contribution is 6.10. The second kappa shape index (κ2) is 6.82. The van der Waals surface area contributed by atoms with Gasteiger partial charge in [-0.25, -0.2) is 0 Å². The van der Waals surface area contributed by atoms with Crippen LogP contribution in [0.5, 0.6) is 0 Å². The Kier molecular flexibility index (Phi) is 4.13. The standard InChI is InChI=1S/C25H23N3O/c1-27(2)20-10-7-17(8-11-20)19-13-14-28(16-19)25(29)24-15-22-21-6-4-3-5-18(21)9-12-23(22)26-24/h3-13,15,26H,14,16H2,1-2H3. The lowest BCUT2D eigenvalue weighted by Gasteiger charge is -2.16. The molecule has 1 aliphatic heterocycles. The number of hydrogen-bond donors (Lipinski definition) is 1. The monoisotopic (exact) mass is 381 g/mol. The quantitative estimate of drug-likeness (QED) is 0.547. The molecule has 4 heteroatoms. The maximum absolute atomic E-state index is 13.1. The van der Waals surface area contributed by atoms with Crippen LogP contribution in [0.1, 0.15) is 16.1 Å². The van der Waals surface area contributed by atoms with E-state index in [1.807, 2.05) is 37.2 Å². The van der Waals surface area contributed by atoms with Crippen LogP contribution in [0.3, 0.4) is 0 Å². The molecule has 0 unspecified atom stereocenters. The summed E-state index contributed by atoms with van der Waals surface area (Å²) in [7, 11) is 4.07. The summed E-state index contributed by atoms with van der Waals surface area (Å²) in [6, 6.07) is 22.9. The van der Waals surface area contributed by atoms with Gasteiger partial charge >= 0.3 is 0 Å². The van der Waals surface area contributed by atoms with Crippen molar-refractivity contribution in [2.45, 2.75) is 0 Å². The molecule has 0 radical (unpaired) electrons. The highest BCUT2D eigenvalue weighted by Gasteiger charge is 2.23. The van der Waals surface area contributed by atoms with Crippen LogP contribution in [0.4, 0.5) is 5.69 Å². The Morgan fingerprint density at radius 3 is 2.55 bits per heavy atom. The van der Waals surface area contributed by atoms with E-state index in [1.54, 1.807) is 0 Å². The second-order valence-electron chi connectivity index (χ2n) is 7.79. The van der Waals surface area contributed by atoms with Gasteiger partial charge in [0.15, 0.2) is 0 Å². The van der Waals surface area contributed by atoms with Crippen LogP contribution in [0.25, 0.3) is 27.2 Å². The van der Waals surface area contributed by atoms with E-state index in [2.05, 4.69) is 64.5 Å². The first-order valence-electron chi connectivity index (χ1n) is 9.87. The lowest BCUT2D eigenvalue weighted by Crippen LogP contribution is -2.29. The van der Waals surface area contributed by atoms with Gasteiger partial charge in [-0.1, -0.05) is 48.5 Å². The molecule has 0 saturated carbocycles. The van der Waals surface area contributed by atoms with Gasteiger partial charge in [-0.15, -0.1) is 0 Å². The number of aromatic nitrogens is 1. The third-order valence-electron chi connectivity index (χ3n) is 5.72. The molecule has 144 valence electrons. The average molecular weight is 381 g/mol. The molecule has 0 bridgehead atoms. The number of aromatic amines is 1. The van der Waals surface area contributed by atoms with Crippen LogP contribution in [-0.4, -0.2) is 43.0 Å². The molecule has 0 fully saturated rings. The Hall–Kier alpha value is -3.53. The normalized spacial score (nSPS) is 13.9. The largest absolute Gasteiger partial charge is 0.378 e. The number of anilines is 1. The maximum atomic E-state index is 13.1. The van der Waals surface area contributed by atoms with Crippen molar-refractivity contribution in [3.05, 3.63) is 84.1 Å². The van der Waals surface area contributed by atoms with Gasteiger partial charge in [0, 0.05) is 43.8 Å². The van der Waals surface area contributed by atoms with Crippen molar-refractivity contribution in [2.75, 3.05) is 32.1 Å². The molecule has 3 aromatic carbocycles. The second-order valence-corrected chi connectivity index (χ2v) is 7.79. The molecule has 4 aromatic rings. The zero-order valence-corrected chi connectivity index (χ0v) is 16.6. The molecule has 29 heavy (non-hydrogen) atoms. The zero-order valence-electron chi connectivity index (χ0n) is 16.6. The van der Waals surface area contributed by atoms with Crippen molar-refractivity contribution in [1.82, 2.24) is 9.88 Å². The smallest absolute Gasteiger partial charge is 0.270 e. The van der Waals surface area contributed by atoms with Crippen molar-refractivity contribution in [1.29, 1.82) is 0 Å². The minimum Gasteiger partial charge on any atom is -0.378 e. The number of carbonyl (C=O) groups excluding carboxylic acids is 1. The lowest BCUT2D eigenvalue weighted by molar-refractivity contribution is 0.0797. The summed E-state index contributed by atoms with van der Waals surface area (Å²) >= 11 is 0. The molecular weight excluding hydrogens is 358 g/mol. The number of nitrogens with one attached hydrogen (secondary N) is 1. The molecule has 1 aliphatic rings. The Morgan fingerprint density at radius 1 is 0.966 bits per heavy atom. The molecule has 1 N–H and O–H groups in total. The predicted molar refractivity (Wildman–Crippen MR) is 120 cm³/mol. The van der Waals surface area contributed by atoms with Gasteiger partial charge in [0.25, 0.3) is 5.91 Å². The summed E-state index contributed by atoms with van der Waals surface area (Å²) in [5, 5.41) is 3.45. The first kappa shape index (κ1) is 17.6. The molecule has 0 saturated heterocycles. The van der Waals surface area contributed by atoms with Crippen LogP contribution in [0.15, 0.2) is 72.8 Å². The molecule has 5 rings (SSSR count). The molecule has 1 aromatic heterocycles. The van der Waals surface area contributed by atoms with Gasteiger partial charge < -0.3 is 14.8 Å². The molecule has 0 aliphatic carbocycles. The predicted octanol–water partition coefficient (Wildman–Crippen LogP) is 4.93. The minimum absolute atomic E-state index is 0.0430. The van der Waals surface area contributed by atoms with Crippen molar-refractivity contribution >= 4 is 38.8 Å². The van der Waals surface area contributed by atoms with E-state index in [4.69, 9.17) is 0 Å². The first-order chi connectivity index (χ1) is 14.1. The van der Waals surface area contributed by atoms with E-state index in [9.17, 15) is 4.79 Å². The van der Waals surface area contributed by atoms with Crippen LogP contribution in [0, 0.1) is 0 Å². The van der Waals surface area contributed by atoms with Gasteiger partial charge in [-0.3, -0.25) is 4.79 Å². The fourth-order valence-corrected chi connectivity index (χ4v) is 4.06. The minimum atomic E-state index is 0.0430. The van der Waals surface area contributed by atoms with Crippen LogP contribution in [0.2, 0.25) is 0 Å². The third-order valence-corrected chi connectivity index (χ3v) is 5.72. The van der Waals surface area contributed by atoms with Crippen molar-refractivity contribution in [3.8, 4) is 0 Å². The number of hydrogen-bond acceptors (Lipinski definition) is 2. The summed E-state index contributed by atoms with van der Waals surface area (Å²) < 4.78 is 0. The lowest BCUT2D eigenvalue weighted by atomic mass is 10.1. The topological polar surface area (TPSA) is 39.3 Å². The molecule has 4 nitrogen and oxygen atoms in total. The Labute approximate surface area is 170 Å². The van der Waals surface area contributed by atoms with Gasteiger partial charge in [-0.2, -0.15) is 0 Å². The first-order valence-corrected chi connectivity index (χ1v) is 9.87. The molecule has 2 heterocycles. The van der Waals surface area contributed by atoms with Crippen molar-refractivity contribution in [2.24, 2.45) is 0 Å². The van der Waals surface area contributed by atoms with E-state index >= 15 is 0 Å². The number of fused-ring (bicyclic) bond motifs is 3. The Bertz CT molecular complexity index is 1250. The molecule has 0 atom stereocenters. The highest BCUT2D eigenvalue weighted by atomic mass is 16.2. The zero-order chi connectivity index (χ0) is 20.0. The van der Waals surface area contributed by atoms with Crippen molar-refractivity contribution < 1.29 is 4.79 Å². The van der Waals surface area contributed by atoms with E-state index in [1.165, 1.54) is 27.6 Å². The molecular formula is C25H23N3O. The number of carbonyl (C=O) groups is 1. The SMILES string of the molecule is CN(C)c1ccc(C2=CCN(C(=O)c3cc4c(ccc5ccccc54)[nH]3)C2)cc1. The Balaban J connectivity index is 1.38. The van der Waals surface area contributed by atoms with Gasteiger partial charge in [-0.05, 0) is 46.2 Å². The summed E-state index contributed by atoms with van der Waals surface area (Å²) in [5.74, 6) is 0.0430. The van der Waals surface area contributed by atoms with Crippen LogP contribution < -0.4 is 4.90 Å². The number of benzene rings is 3. The third kappa shape index (κ3) is 3.07. The summed E-state index contributed by atoms with van der Waals surface area (Å²) in [5.41, 5.74) is 5.19. The molecule has 0 spiro atoms. The van der Waals surface area contributed by atoms with Gasteiger partial charge in [0.1, 0.15) is 5.69 Å².